The zero-order valence-electron chi connectivity index (χ0n) is 7.96. The molecule has 3 heteroatoms. The average molecular weight is 171 g/mol. The Bertz CT molecular complexity index is 155. The van der Waals surface area contributed by atoms with E-state index in [9.17, 15) is 9.59 Å². The molecule has 1 unspecified atom stereocenters. The summed E-state index contributed by atoms with van der Waals surface area (Å²) in [5.41, 5.74) is 0. The Morgan fingerprint density at radius 2 is 2.08 bits per heavy atom. The lowest BCUT2D eigenvalue weighted by atomic mass is 10.00. The number of ketones is 1. The minimum Gasteiger partial charge on any atom is -0.317 e. The molecule has 0 aromatic rings. The molecular formula is C9H17NO2. The Morgan fingerprint density at radius 3 is 2.42 bits per heavy atom. The van der Waals surface area contributed by atoms with E-state index in [1.807, 2.05) is 7.05 Å². The number of aldehydes is 1. The second kappa shape index (κ2) is 5.89. The van der Waals surface area contributed by atoms with Gasteiger partial charge in [-0.15, -0.1) is 0 Å². The second-order valence-electron chi connectivity index (χ2n) is 3.40. The Hall–Kier alpha value is -0.700. The van der Waals surface area contributed by atoms with Gasteiger partial charge in [-0.05, 0) is 19.4 Å². The van der Waals surface area contributed by atoms with Crippen molar-refractivity contribution in [2.24, 2.45) is 5.92 Å². The molecule has 70 valence electrons. The number of Topliss-reactive ketones (excluding diaryl/α,β-unsaturated/α-hetero) is 1. The van der Waals surface area contributed by atoms with Crippen LogP contribution in [0, 0.1) is 5.92 Å². The molecule has 12 heavy (non-hydrogen) atoms. The van der Waals surface area contributed by atoms with Gasteiger partial charge in [0, 0.05) is 12.5 Å². The Balaban J connectivity index is 3.82. The van der Waals surface area contributed by atoms with Gasteiger partial charge in [0.2, 0.25) is 0 Å². The highest BCUT2D eigenvalue weighted by molar-refractivity contribution is 6.25. The SMILES string of the molecule is CNC(CC(=O)C=O)CC(C)C. The number of carbonyl (C=O) groups excluding carboxylic acids is 2. The highest BCUT2D eigenvalue weighted by Crippen LogP contribution is 2.07. The van der Waals surface area contributed by atoms with Crippen LogP contribution in [-0.2, 0) is 9.59 Å². The first kappa shape index (κ1) is 11.3. The second-order valence-corrected chi connectivity index (χ2v) is 3.40. The van der Waals surface area contributed by atoms with Gasteiger partial charge in [0.15, 0.2) is 12.1 Å². The summed E-state index contributed by atoms with van der Waals surface area (Å²) in [6.45, 7) is 4.19. The summed E-state index contributed by atoms with van der Waals surface area (Å²) in [5, 5.41) is 3.02. The fourth-order valence-electron chi connectivity index (χ4n) is 1.16. The average Bonchev–Trinajstić information content (AvgIpc) is 2.02. The fraction of sp³-hybridized carbons (Fsp3) is 0.778. The van der Waals surface area contributed by atoms with Crippen LogP contribution in [-0.4, -0.2) is 25.2 Å². The molecule has 0 aromatic heterocycles. The van der Waals surface area contributed by atoms with Gasteiger partial charge in [-0.3, -0.25) is 9.59 Å². The molecule has 0 bridgehead atoms. The van der Waals surface area contributed by atoms with Crippen molar-refractivity contribution in [1.82, 2.24) is 5.32 Å². The van der Waals surface area contributed by atoms with E-state index in [1.54, 1.807) is 0 Å². The Morgan fingerprint density at radius 1 is 1.50 bits per heavy atom. The van der Waals surface area contributed by atoms with Crippen molar-refractivity contribution < 1.29 is 9.59 Å². The van der Waals surface area contributed by atoms with E-state index >= 15 is 0 Å². The largest absolute Gasteiger partial charge is 0.317 e. The first-order valence-electron chi connectivity index (χ1n) is 4.25. The maximum atomic E-state index is 10.8. The van der Waals surface area contributed by atoms with Gasteiger partial charge in [-0.1, -0.05) is 13.8 Å². The molecule has 0 spiro atoms. The summed E-state index contributed by atoms with van der Waals surface area (Å²) in [6, 6.07) is 0.141. The topological polar surface area (TPSA) is 46.2 Å². The normalized spacial score (nSPS) is 13.0. The van der Waals surface area contributed by atoms with Gasteiger partial charge in [0.05, 0.1) is 0 Å². The molecule has 0 saturated heterocycles. The van der Waals surface area contributed by atoms with Crippen LogP contribution in [0.15, 0.2) is 0 Å². The number of rotatable bonds is 6. The smallest absolute Gasteiger partial charge is 0.196 e. The van der Waals surface area contributed by atoms with E-state index in [0.717, 1.165) is 6.42 Å². The summed E-state index contributed by atoms with van der Waals surface area (Å²) in [6.07, 6.45) is 1.64. The lowest BCUT2D eigenvalue weighted by molar-refractivity contribution is -0.130. The van der Waals surface area contributed by atoms with E-state index in [1.165, 1.54) is 0 Å². The molecular weight excluding hydrogens is 154 g/mol. The number of hydrogen-bond acceptors (Lipinski definition) is 3. The fourth-order valence-corrected chi connectivity index (χ4v) is 1.16. The molecule has 0 aromatic carbocycles. The highest BCUT2D eigenvalue weighted by atomic mass is 16.2. The lowest BCUT2D eigenvalue weighted by Gasteiger charge is -2.15. The molecule has 0 saturated carbocycles. The summed E-state index contributed by atoms with van der Waals surface area (Å²) in [7, 11) is 1.81. The summed E-state index contributed by atoms with van der Waals surface area (Å²) in [4.78, 5) is 20.8. The molecule has 0 heterocycles. The van der Waals surface area contributed by atoms with Crippen LogP contribution < -0.4 is 5.32 Å². The maximum Gasteiger partial charge on any atom is 0.196 e. The first-order valence-corrected chi connectivity index (χ1v) is 4.25. The van der Waals surface area contributed by atoms with Gasteiger partial charge in [-0.2, -0.15) is 0 Å². The third-order valence-corrected chi connectivity index (χ3v) is 1.74. The van der Waals surface area contributed by atoms with Crippen LogP contribution in [0.25, 0.3) is 0 Å². The summed E-state index contributed by atoms with van der Waals surface area (Å²) >= 11 is 0. The van der Waals surface area contributed by atoms with Crippen molar-refractivity contribution >= 4 is 12.1 Å². The van der Waals surface area contributed by atoms with E-state index < -0.39 is 0 Å². The Kier molecular flexibility index (Phi) is 5.54. The van der Waals surface area contributed by atoms with Gasteiger partial charge in [0.25, 0.3) is 0 Å². The predicted molar refractivity (Wildman–Crippen MR) is 48.0 cm³/mol. The van der Waals surface area contributed by atoms with Crippen molar-refractivity contribution in [2.45, 2.75) is 32.7 Å². The Labute approximate surface area is 73.5 Å². The molecule has 0 aliphatic heterocycles. The first-order chi connectivity index (χ1) is 5.60. The van der Waals surface area contributed by atoms with Crippen LogP contribution >= 0.6 is 0 Å². The number of carbonyl (C=O) groups is 2. The van der Waals surface area contributed by atoms with Crippen LogP contribution in [0.3, 0.4) is 0 Å². The molecule has 0 aliphatic carbocycles. The van der Waals surface area contributed by atoms with Gasteiger partial charge in [-0.25, -0.2) is 0 Å². The van der Waals surface area contributed by atoms with E-state index in [4.69, 9.17) is 0 Å². The van der Waals surface area contributed by atoms with Crippen molar-refractivity contribution in [1.29, 1.82) is 0 Å². The molecule has 1 N–H and O–H groups in total. The minimum atomic E-state index is -0.324. The molecule has 0 aliphatic rings. The standard InChI is InChI=1S/C9H17NO2/c1-7(2)4-8(10-3)5-9(12)6-11/h6-8,10H,4-5H2,1-3H3. The molecule has 0 amide bonds. The number of hydrogen-bond donors (Lipinski definition) is 1. The van der Waals surface area contributed by atoms with Gasteiger partial charge >= 0.3 is 0 Å². The minimum absolute atomic E-state index is 0.141. The van der Waals surface area contributed by atoms with Crippen molar-refractivity contribution in [2.75, 3.05) is 7.05 Å². The van der Waals surface area contributed by atoms with Crippen molar-refractivity contribution in [3.8, 4) is 0 Å². The lowest BCUT2D eigenvalue weighted by Crippen LogP contribution is -2.29. The van der Waals surface area contributed by atoms with Crippen LogP contribution in [0.4, 0.5) is 0 Å². The highest BCUT2D eigenvalue weighted by Gasteiger charge is 2.12. The van der Waals surface area contributed by atoms with Crippen molar-refractivity contribution in [3.63, 3.8) is 0 Å². The molecule has 0 radical (unpaired) electrons. The third-order valence-electron chi connectivity index (χ3n) is 1.74. The van der Waals surface area contributed by atoms with Crippen LogP contribution in [0.2, 0.25) is 0 Å². The maximum absolute atomic E-state index is 10.8. The zero-order valence-corrected chi connectivity index (χ0v) is 7.96. The van der Waals surface area contributed by atoms with E-state index in [-0.39, 0.29) is 11.8 Å². The zero-order chi connectivity index (χ0) is 9.56. The predicted octanol–water partition coefficient (Wildman–Crippen LogP) is 0.779. The molecule has 1 atom stereocenters. The van der Waals surface area contributed by atoms with Crippen LogP contribution in [0.1, 0.15) is 26.7 Å². The summed E-state index contributed by atoms with van der Waals surface area (Å²) in [5.74, 6) is 0.219. The molecule has 0 fully saturated rings. The molecule has 3 nitrogen and oxygen atoms in total. The number of nitrogens with one attached hydrogen (secondary N) is 1. The molecule has 0 rings (SSSR count). The third kappa shape index (κ3) is 5.02. The van der Waals surface area contributed by atoms with Crippen LogP contribution in [0.5, 0.6) is 0 Å². The van der Waals surface area contributed by atoms with Gasteiger partial charge < -0.3 is 5.32 Å². The van der Waals surface area contributed by atoms with E-state index in [0.29, 0.717) is 18.6 Å². The quantitative estimate of drug-likeness (QED) is 0.474. The summed E-state index contributed by atoms with van der Waals surface area (Å²) < 4.78 is 0. The van der Waals surface area contributed by atoms with E-state index in [2.05, 4.69) is 19.2 Å². The van der Waals surface area contributed by atoms with Crippen molar-refractivity contribution in [3.05, 3.63) is 0 Å². The van der Waals surface area contributed by atoms with Gasteiger partial charge in [0.1, 0.15) is 0 Å². The monoisotopic (exact) mass is 171 g/mol.